The van der Waals surface area contributed by atoms with E-state index in [1.165, 1.54) is 20.9 Å². The summed E-state index contributed by atoms with van der Waals surface area (Å²) in [6.07, 6.45) is 3.99. The number of hydrogen-bond donors (Lipinski definition) is 2. The highest BCUT2D eigenvalue weighted by Crippen LogP contribution is 2.26. The fourth-order valence-electron chi connectivity index (χ4n) is 1.93. The quantitative estimate of drug-likeness (QED) is 0.832. The molecule has 0 saturated heterocycles. The fraction of sp³-hybridized carbons (Fsp3) is 0.385. The van der Waals surface area contributed by atoms with E-state index in [4.69, 9.17) is 0 Å². The molecule has 0 spiro atoms. The average Bonchev–Trinajstić information content (AvgIpc) is 2.84. The molecule has 2 nitrogen and oxygen atoms in total. The minimum atomic E-state index is 0.417. The first-order valence-corrected chi connectivity index (χ1v) is 6.40. The van der Waals surface area contributed by atoms with Crippen LogP contribution in [0, 0.1) is 13.8 Å². The van der Waals surface area contributed by atoms with Crippen molar-refractivity contribution in [3.8, 4) is 0 Å². The van der Waals surface area contributed by atoms with Crippen LogP contribution in [0.1, 0.15) is 33.8 Å². The summed E-state index contributed by atoms with van der Waals surface area (Å²) in [6, 6.07) is 4.81. The van der Waals surface area contributed by atoms with Gasteiger partial charge in [0.1, 0.15) is 0 Å². The van der Waals surface area contributed by atoms with E-state index >= 15 is 0 Å². The van der Waals surface area contributed by atoms with Crippen molar-refractivity contribution >= 4 is 11.3 Å². The number of nitrogens with one attached hydrogen (secondary N) is 2. The van der Waals surface area contributed by atoms with Gasteiger partial charge in [0.05, 0.1) is 0 Å². The third kappa shape index (κ3) is 2.54. The molecule has 0 aliphatic heterocycles. The SMILES string of the molecule is Cc1cc(C(C)NCc2cc[nH]c2)c(C)s1. The lowest BCUT2D eigenvalue weighted by Gasteiger charge is -2.13. The summed E-state index contributed by atoms with van der Waals surface area (Å²) < 4.78 is 0. The zero-order valence-corrected chi connectivity index (χ0v) is 10.8. The second-order valence-electron chi connectivity index (χ2n) is 4.19. The van der Waals surface area contributed by atoms with E-state index in [2.05, 4.69) is 43.2 Å². The predicted molar refractivity (Wildman–Crippen MR) is 69.8 cm³/mol. The molecule has 86 valence electrons. The number of aromatic nitrogens is 1. The van der Waals surface area contributed by atoms with Crippen LogP contribution in [0.3, 0.4) is 0 Å². The van der Waals surface area contributed by atoms with Gasteiger partial charge >= 0.3 is 0 Å². The van der Waals surface area contributed by atoms with E-state index in [-0.39, 0.29) is 0 Å². The topological polar surface area (TPSA) is 27.8 Å². The highest BCUT2D eigenvalue weighted by molar-refractivity contribution is 7.12. The highest BCUT2D eigenvalue weighted by atomic mass is 32.1. The lowest BCUT2D eigenvalue weighted by Crippen LogP contribution is -2.17. The standard InChI is InChI=1S/C13H18N2S/c1-9-6-13(11(3)16-9)10(2)15-8-12-4-5-14-7-12/h4-7,10,14-15H,8H2,1-3H3. The Morgan fingerprint density at radius 3 is 2.81 bits per heavy atom. The Morgan fingerprint density at radius 2 is 2.25 bits per heavy atom. The van der Waals surface area contributed by atoms with Crippen LogP contribution in [0.15, 0.2) is 24.5 Å². The molecule has 16 heavy (non-hydrogen) atoms. The molecule has 3 heteroatoms. The van der Waals surface area contributed by atoms with Gasteiger partial charge in [-0.2, -0.15) is 0 Å². The van der Waals surface area contributed by atoms with E-state index in [0.29, 0.717) is 6.04 Å². The van der Waals surface area contributed by atoms with Crippen LogP contribution in [0.5, 0.6) is 0 Å². The summed E-state index contributed by atoms with van der Waals surface area (Å²) >= 11 is 1.87. The third-order valence-corrected chi connectivity index (χ3v) is 3.80. The van der Waals surface area contributed by atoms with Crippen LogP contribution < -0.4 is 5.32 Å². The number of H-pyrrole nitrogens is 1. The normalized spacial score (nSPS) is 12.9. The van der Waals surface area contributed by atoms with Crippen LogP contribution in [-0.4, -0.2) is 4.98 Å². The Balaban J connectivity index is 1.98. The van der Waals surface area contributed by atoms with Crippen LogP contribution in [-0.2, 0) is 6.54 Å². The minimum Gasteiger partial charge on any atom is -0.367 e. The van der Waals surface area contributed by atoms with Crippen molar-refractivity contribution in [2.75, 3.05) is 0 Å². The van der Waals surface area contributed by atoms with Crippen molar-refractivity contribution in [3.05, 3.63) is 45.4 Å². The van der Waals surface area contributed by atoms with Gasteiger partial charge in [-0.25, -0.2) is 0 Å². The molecule has 0 aliphatic carbocycles. The van der Waals surface area contributed by atoms with Gasteiger partial charge < -0.3 is 10.3 Å². The first kappa shape index (κ1) is 11.4. The Hall–Kier alpha value is -1.06. The molecule has 0 amide bonds. The second-order valence-corrected chi connectivity index (χ2v) is 5.65. The molecule has 0 radical (unpaired) electrons. The second kappa shape index (κ2) is 4.85. The lowest BCUT2D eigenvalue weighted by molar-refractivity contribution is 0.574. The Bertz CT molecular complexity index is 442. The van der Waals surface area contributed by atoms with Gasteiger partial charge in [0, 0.05) is 34.7 Å². The number of aryl methyl sites for hydroxylation is 2. The molecule has 0 aliphatic rings. The minimum absolute atomic E-state index is 0.417. The van der Waals surface area contributed by atoms with E-state index in [0.717, 1.165) is 6.54 Å². The third-order valence-electron chi connectivity index (χ3n) is 2.82. The van der Waals surface area contributed by atoms with Crippen molar-refractivity contribution in [2.24, 2.45) is 0 Å². The van der Waals surface area contributed by atoms with Gasteiger partial charge in [0.2, 0.25) is 0 Å². The number of rotatable bonds is 4. The predicted octanol–water partition coefficient (Wildman–Crippen LogP) is 3.54. The summed E-state index contributed by atoms with van der Waals surface area (Å²) in [5.74, 6) is 0. The van der Waals surface area contributed by atoms with Gasteiger partial charge in [-0.05, 0) is 44.0 Å². The maximum absolute atomic E-state index is 3.54. The summed E-state index contributed by atoms with van der Waals surface area (Å²) in [7, 11) is 0. The monoisotopic (exact) mass is 234 g/mol. The van der Waals surface area contributed by atoms with Crippen molar-refractivity contribution < 1.29 is 0 Å². The van der Waals surface area contributed by atoms with E-state index < -0.39 is 0 Å². The first-order valence-electron chi connectivity index (χ1n) is 5.59. The summed E-state index contributed by atoms with van der Waals surface area (Å²) in [5, 5.41) is 3.54. The molecular formula is C13H18N2S. The van der Waals surface area contributed by atoms with Crippen LogP contribution >= 0.6 is 11.3 Å². The van der Waals surface area contributed by atoms with Gasteiger partial charge in [-0.1, -0.05) is 0 Å². The van der Waals surface area contributed by atoms with Gasteiger partial charge in [-0.15, -0.1) is 11.3 Å². The highest BCUT2D eigenvalue weighted by Gasteiger charge is 2.10. The van der Waals surface area contributed by atoms with E-state index in [1.54, 1.807) is 0 Å². The molecule has 1 atom stereocenters. The van der Waals surface area contributed by atoms with Crippen molar-refractivity contribution in [1.29, 1.82) is 0 Å². The molecule has 0 fully saturated rings. The van der Waals surface area contributed by atoms with Crippen molar-refractivity contribution in [1.82, 2.24) is 10.3 Å². The van der Waals surface area contributed by atoms with Gasteiger partial charge in [0.15, 0.2) is 0 Å². The van der Waals surface area contributed by atoms with E-state index in [9.17, 15) is 0 Å². The van der Waals surface area contributed by atoms with Crippen LogP contribution in [0.4, 0.5) is 0 Å². The molecule has 2 aromatic rings. The Labute approximate surface area is 101 Å². The summed E-state index contributed by atoms with van der Waals surface area (Å²) in [6.45, 7) is 7.50. The zero-order valence-electron chi connectivity index (χ0n) is 10.0. The molecule has 2 rings (SSSR count). The number of aromatic amines is 1. The van der Waals surface area contributed by atoms with Crippen LogP contribution in [0.2, 0.25) is 0 Å². The Kier molecular flexibility index (Phi) is 3.46. The fourth-order valence-corrected chi connectivity index (χ4v) is 2.95. The number of hydrogen-bond acceptors (Lipinski definition) is 2. The largest absolute Gasteiger partial charge is 0.367 e. The number of thiophene rings is 1. The van der Waals surface area contributed by atoms with Crippen molar-refractivity contribution in [3.63, 3.8) is 0 Å². The molecule has 2 N–H and O–H groups in total. The zero-order chi connectivity index (χ0) is 11.5. The lowest BCUT2D eigenvalue weighted by atomic mass is 10.1. The molecule has 0 bridgehead atoms. The molecule has 1 unspecified atom stereocenters. The molecule has 0 aromatic carbocycles. The van der Waals surface area contributed by atoms with Gasteiger partial charge in [0.25, 0.3) is 0 Å². The summed E-state index contributed by atoms with van der Waals surface area (Å²) in [5.41, 5.74) is 2.73. The first-order chi connectivity index (χ1) is 7.66. The molecule has 2 heterocycles. The van der Waals surface area contributed by atoms with Crippen molar-refractivity contribution in [2.45, 2.75) is 33.4 Å². The van der Waals surface area contributed by atoms with Gasteiger partial charge in [-0.3, -0.25) is 0 Å². The maximum Gasteiger partial charge on any atom is 0.0305 e. The molecule has 2 aromatic heterocycles. The average molecular weight is 234 g/mol. The summed E-state index contributed by atoms with van der Waals surface area (Å²) in [4.78, 5) is 5.89. The Morgan fingerprint density at radius 1 is 1.44 bits per heavy atom. The smallest absolute Gasteiger partial charge is 0.0305 e. The van der Waals surface area contributed by atoms with E-state index in [1.807, 2.05) is 23.7 Å². The maximum atomic E-state index is 3.54. The van der Waals surface area contributed by atoms with Crippen LogP contribution in [0.25, 0.3) is 0 Å². The molecule has 0 saturated carbocycles. The molecular weight excluding hydrogens is 216 g/mol.